The summed E-state index contributed by atoms with van der Waals surface area (Å²) in [7, 11) is 0. The molecule has 2 unspecified atom stereocenters. The molecule has 88 valence electrons. The zero-order chi connectivity index (χ0) is 11.2. The monoisotopic (exact) mass is 236 g/mol. The molecule has 0 radical (unpaired) electrons. The van der Waals surface area contributed by atoms with Gasteiger partial charge in [0.1, 0.15) is 5.60 Å². The van der Waals surface area contributed by atoms with Crippen LogP contribution in [0.25, 0.3) is 0 Å². The molecule has 0 saturated heterocycles. The summed E-state index contributed by atoms with van der Waals surface area (Å²) in [4.78, 5) is 2.81. The highest BCUT2D eigenvalue weighted by molar-refractivity contribution is 7.12. The van der Waals surface area contributed by atoms with E-state index in [1.54, 1.807) is 4.88 Å². The van der Waals surface area contributed by atoms with Crippen molar-refractivity contribution in [2.75, 3.05) is 0 Å². The summed E-state index contributed by atoms with van der Waals surface area (Å²) in [5.41, 5.74) is 1.10. The molecule has 0 amide bonds. The molecule has 2 heteroatoms. The lowest BCUT2D eigenvalue weighted by molar-refractivity contribution is 0.133. The van der Waals surface area contributed by atoms with E-state index in [0.717, 1.165) is 6.42 Å². The maximum atomic E-state index is 10.6. The van der Waals surface area contributed by atoms with Gasteiger partial charge in [-0.2, -0.15) is 0 Å². The van der Waals surface area contributed by atoms with Crippen molar-refractivity contribution in [2.45, 2.75) is 57.5 Å². The third kappa shape index (κ3) is 1.63. The predicted octanol–water partition coefficient (Wildman–Crippen LogP) is 3.63. The standard InChI is InChI=1S/C14H20OS/c1-2-5-11-9-14(11,15)13-8-10-6-3-4-7-12(10)16-13/h8,11,15H,2-7,9H2,1H3. The first-order valence-corrected chi connectivity index (χ1v) is 7.40. The van der Waals surface area contributed by atoms with Crippen LogP contribution in [0.1, 0.15) is 54.3 Å². The lowest BCUT2D eigenvalue weighted by Gasteiger charge is -2.08. The summed E-state index contributed by atoms with van der Waals surface area (Å²) in [6.07, 6.45) is 8.52. The third-order valence-electron chi connectivity index (χ3n) is 4.13. The van der Waals surface area contributed by atoms with Crippen molar-refractivity contribution in [3.8, 4) is 0 Å². The first-order valence-electron chi connectivity index (χ1n) is 6.58. The summed E-state index contributed by atoms with van der Waals surface area (Å²) >= 11 is 1.88. The van der Waals surface area contributed by atoms with Gasteiger partial charge < -0.3 is 5.11 Å². The zero-order valence-electron chi connectivity index (χ0n) is 9.96. The Morgan fingerprint density at radius 2 is 2.25 bits per heavy atom. The van der Waals surface area contributed by atoms with Crippen molar-refractivity contribution in [1.29, 1.82) is 0 Å². The van der Waals surface area contributed by atoms with Crippen LogP contribution in [0.3, 0.4) is 0 Å². The summed E-state index contributed by atoms with van der Waals surface area (Å²) < 4.78 is 0. The molecular weight excluding hydrogens is 216 g/mol. The predicted molar refractivity (Wildman–Crippen MR) is 67.9 cm³/mol. The summed E-state index contributed by atoms with van der Waals surface area (Å²) in [6, 6.07) is 2.30. The molecule has 0 aromatic carbocycles. The Labute approximate surface area is 102 Å². The molecule has 1 aromatic heterocycles. The first kappa shape index (κ1) is 10.8. The molecule has 1 N–H and O–H groups in total. The van der Waals surface area contributed by atoms with E-state index in [4.69, 9.17) is 0 Å². The van der Waals surface area contributed by atoms with Crippen molar-refractivity contribution in [1.82, 2.24) is 0 Å². The van der Waals surface area contributed by atoms with Gasteiger partial charge in [-0.15, -0.1) is 11.3 Å². The Morgan fingerprint density at radius 1 is 1.44 bits per heavy atom. The number of aliphatic hydroxyl groups is 1. The van der Waals surface area contributed by atoms with Gasteiger partial charge in [-0.05, 0) is 56.1 Å². The molecule has 0 spiro atoms. The molecular formula is C14H20OS. The lowest BCUT2D eigenvalue weighted by Crippen LogP contribution is -2.06. The van der Waals surface area contributed by atoms with Crippen LogP contribution in [0.5, 0.6) is 0 Å². The Balaban J connectivity index is 1.83. The van der Waals surface area contributed by atoms with Gasteiger partial charge in [-0.25, -0.2) is 0 Å². The Kier molecular flexibility index (Phi) is 2.60. The number of hydrogen-bond acceptors (Lipinski definition) is 2. The van der Waals surface area contributed by atoms with Crippen LogP contribution in [0.15, 0.2) is 6.07 Å². The third-order valence-corrected chi connectivity index (χ3v) is 5.54. The minimum Gasteiger partial charge on any atom is -0.384 e. The van der Waals surface area contributed by atoms with Gasteiger partial charge in [0.25, 0.3) is 0 Å². The number of thiophene rings is 1. The second kappa shape index (κ2) is 3.85. The molecule has 3 rings (SSSR count). The molecule has 2 aliphatic carbocycles. The maximum Gasteiger partial charge on any atom is 0.102 e. The van der Waals surface area contributed by atoms with Crippen molar-refractivity contribution in [3.05, 3.63) is 21.4 Å². The number of rotatable bonds is 3. The van der Waals surface area contributed by atoms with Crippen LogP contribution in [0, 0.1) is 5.92 Å². The van der Waals surface area contributed by atoms with Gasteiger partial charge in [0.2, 0.25) is 0 Å². The largest absolute Gasteiger partial charge is 0.384 e. The molecule has 0 aliphatic heterocycles. The normalized spacial score (nSPS) is 32.5. The Bertz CT molecular complexity index is 372. The fraction of sp³-hybridized carbons (Fsp3) is 0.714. The van der Waals surface area contributed by atoms with Crippen LogP contribution in [-0.2, 0) is 18.4 Å². The van der Waals surface area contributed by atoms with Crippen molar-refractivity contribution in [3.63, 3.8) is 0 Å². The molecule has 2 atom stereocenters. The molecule has 1 aromatic rings. The van der Waals surface area contributed by atoms with E-state index in [9.17, 15) is 5.11 Å². The highest BCUT2D eigenvalue weighted by atomic mass is 32.1. The summed E-state index contributed by atoms with van der Waals surface area (Å²) in [6.45, 7) is 2.21. The number of aryl methyl sites for hydroxylation is 2. The van der Waals surface area contributed by atoms with Crippen LogP contribution < -0.4 is 0 Å². The highest BCUT2D eigenvalue weighted by Gasteiger charge is 2.54. The quantitative estimate of drug-likeness (QED) is 0.849. The SMILES string of the molecule is CCCC1CC1(O)c1cc2c(s1)CCCC2. The van der Waals surface area contributed by atoms with E-state index < -0.39 is 5.60 Å². The fourth-order valence-electron chi connectivity index (χ4n) is 3.01. The topological polar surface area (TPSA) is 20.2 Å². The van der Waals surface area contributed by atoms with E-state index in [2.05, 4.69) is 13.0 Å². The molecule has 0 bridgehead atoms. The van der Waals surface area contributed by atoms with Crippen molar-refractivity contribution < 1.29 is 5.11 Å². The molecule has 16 heavy (non-hydrogen) atoms. The molecule has 1 fully saturated rings. The van der Waals surface area contributed by atoms with Crippen LogP contribution >= 0.6 is 11.3 Å². The second-order valence-electron chi connectivity index (χ2n) is 5.38. The highest BCUT2D eigenvalue weighted by Crippen LogP contribution is 2.56. The van der Waals surface area contributed by atoms with E-state index in [0.29, 0.717) is 5.92 Å². The van der Waals surface area contributed by atoms with Crippen molar-refractivity contribution >= 4 is 11.3 Å². The molecule has 2 aliphatic rings. The average molecular weight is 236 g/mol. The van der Waals surface area contributed by atoms with Gasteiger partial charge in [0.05, 0.1) is 0 Å². The minimum atomic E-state index is -0.433. The smallest absolute Gasteiger partial charge is 0.102 e. The van der Waals surface area contributed by atoms with Crippen molar-refractivity contribution in [2.24, 2.45) is 5.92 Å². The van der Waals surface area contributed by atoms with Crippen LogP contribution in [-0.4, -0.2) is 5.11 Å². The molecule has 1 nitrogen and oxygen atoms in total. The number of hydrogen-bond donors (Lipinski definition) is 1. The fourth-order valence-corrected chi connectivity index (χ4v) is 4.44. The number of fused-ring (bicyclic) bond motifs is 1. The first-order chi connectivity index (χ1) is 7.74. The molecule has 1 saturated carbocycles. The van der Waals surface area contributed by atoms with E-state index >= 15 is 0 Å². The maximum absolute atomic E-state index is 10.6. The zero-order valence-corrected chi connectivity index (χ0v) is 10.8. The van der Waals surface area contributed by atoms with Crippen LogP contribution in [0.4, 0.5) is 0 Å². The van der Waals surface area contributed by atoms with Gasteiger partial charge in [0, 0.05) is 9.75 Å². The Hall–Kier alpha value is -0.340. The lowest BCUT2D eigenvalue weighted by atomic mass is 9.98. The molecule has 1 heterocycles. The van der Waals surface area contributed by atoms with Crippen LogP contribution in [0.2, 0.25) is 0 Å². The van der Waals surface area contributed by atoms with E-state index in [1.807, 2.05) is 11.3 Å². The van der Waals surface area contributed by atoms with E-state index in [1.165, 1.54) is 49.0 Å². The Morgan fingerprint density at radius 3 is 3.00 bits per heavy atom. The van der Waals surface area contributed by atoms with Gasteiger partial charge in [-0.3, -0.25) is 0 Å². The van der Waals surface area contributed by atoms with E-state index in [-0.39, 0.29) is 0 Å². The summed E-state index contributed by atoms with van der Waals surface area (Å²) in [5.74, 6) is 0.539. The van der Waals surface area contributed by atoms with Gasteiger partial charge in [0.15, 0.2) is 0 Å². The van der Waals surface area contributed by atoms with Gasteiger partial charge in [-0.1, -0.05) is 13.3 Å². The van der Waals surface area contributed by atoms with Gasteiger partial charge >= 0.3 is 0 Å². The average Bonchev–Trinajstić information content (AvgIpc) is 2.78. The second-order valence-corrected chi connectivity index (χ2v) is 6.52. The summed E-state index contributed by atoms with van der Waals surface area (Å²) in [5, 5.41) is 10.6. The minimum absolute atomic E-state index is 0.433.